The van der Waals surface area contributed by atoms with Gasteiger partial charge in [-0.25, -0.2) is 0 Å². The molecule has 0 spiro atoms. The molecule has 2 nitrogen and oxygen atoms in total. The molecule has 2 heteroatoms. The van der Waals surface area contributed by atoms with E-state index in [1.807, 2.05) is 0 Å². The first kappa shape index (κ1) is 14.0. The molecule has 0 bridgehead atoms. The molecule has 1 rings (SSSR count). The molecule has 1 fully saturated rings. The van der Waals surface area contributed by atoms with E-state index in [4.69, 9.17) is 4.74 Å². The summed E-state index contributed by atoms with van der Waals surface area (Å²) in [6.45, 7) is 11.7. The zero-order valence-corrected chi connectivity index (χ0v) is 11.6. The van der Waals surface area contributed by atoms with Crippen molar-refractivity contribution < 1.29 is 4.74 Å². The van der Waals surface area contributed by atoms with E-state index in [1.165, 1.54) is 32.1 Å². The Morgan fingerprint density at radius 1 is 1.12 bits per heavy atom. The van der Waals surface area contributed by atoms with E-state index in [1.54, 1.807) is 0 Å². The SMILES string of the molecule is CCOCC1(CNC(C)(C)C)CCCCC1. The third-order valence-corrected chi connectivity index (χ3v) is 3.52. The Bertz CT molecular complexity index is 189. The van der Waals surface area contributed by atoms with Crippen molar-refractivity contribution in [3.8, 4) is 0 Å². The van der Waals surface area contributed by atoms with Gasteiger partial charge in [0.15, 0.2) is 0 Å². The molecule has 0 radical (unpaired) electrons. The van der Waals surface area contributed by atoms with E-state index >= 15 is 0 Å². The largest absolute Gasteiger partial charge is 0.381 e. The van der Waals surface area contributed by atoms with Gasteiger partial charge in [-0.3, -0.25) is 0 Å². The van der Waals surface area contributed by atoms with Crippen molar-refractivity contribution in [3.05, 3.63) is 0 Å². The maximum atomic E-state index is 5.70. The van der Waals surface area contributed by atoms with Gasteiger partial charge in [-0.1, -0.05) is 19.3 Å². The Labute approximate surface area is 101 Å². The first-order chi connectivity index (χ1) is 7.47. The lowest BCUT2D eigenvalue weighted by Crippen LogP contribution is -2.46. The summed E-state index contributed by atoms with van der Waals surface area (Å²) in [5.41, 5.74) is 0.623. The van der Waals surface area contributed by atoms with Gasteiger partial charge in [0.2, 0.25) is 0 Å². The highest BCUT2D eigenvalue weighted by molar-refractivity contribution is 4.87. The molecule has 0 heterocycles. The first-order valence-corrected chi connectivity index (χ1v) is 6.80. The van der Waals surface area contributed by atoms with E-state index in [2.05, 4.69) is 33.0 Å². The van der Waals surface area contributed by atoms with Crippen molar-refractivity contribution in [1.82, 2.24) is 5.32 Å². The Kier molecular flexibility index (Phi) is 5.26. The molecule has 0 atom stereocenters. The van der Waals surface area contributed by atoms with Gasteiger partial charge in [-0.15, -0.1) is 0 Å². The Balaban J connectivity index is 2.48. The van der Waals surface area contributed by atoms with Crippen LogP contribution in [0.5, 0.6) is 0 Å². The van der Waals surface area contributed by atoms with Crippen LogP contribution in [0.25, 0.3) is 0 Å². The van der Waals surface area contributed by atoms with Crippen LogP contribution in [0.4, 0.5) is 0 Å². The molecule has 1 N–H and O–H groups in total. The summed E-state index contributed by atoms with van der Waals surface area (Å²) >= 11 is 0. The summed E-state index contributed by atoms with van der Waals surface area (Å²) in [5.74, 6) is 0. The van der Waals surface area contributed by atoms with Crippen molar-refractivity contribution in [2.75, 3.05) is 19.8 Å². The van der Waals surface area contributed by atoms with Crippen LogP contribution in [0.1, 0.15) is 59.8 Å². The van der Waals surface area contributed by atoms with E-state index in [0.717, 1.165) is 19.8 Å². The van der Waals surface area contributed by atoms with Gasteiger partial charge < -0.3 is 10.1 Å². The smallest absolute Gasteiger partial charge is 0.0534 e. The van der Waals surface area contributed by atoms with Crippen molar-refractivity contribution in [3.63, 3.8) is 0 Å². The zero-order chi connectivity index (χ0) is 12.1. The minimum atomic E-state index is 0.219. The molecule has 0 aliphatic heterocycles. The van der Waals surface area contributed by atoms with E-state index in [9.17, 15) is 0 Å². The van der Waals surface area contributed by atoms with Gasteiger partial charge >= 0.3 is 0 Å². The summed E-state index contributed by atoms with van der Waals surface area (Å²) < 4.78 is 5.70. The third-order valence-electron chi connectivity index (χ3n) is 3.52. The summed E-state index contributed by atoms with van der Waals surface area (Å²) in [4.78, 5) is 0. The molecular formula is C14H29NO. The molecule has 0 amide bonds. The van der Waals surface area contributed by atoms with Crippen molar-refractivity contribution in [2.45, 2.75) is 65.3 Å². The van der Waals surface area contributed by atoms with Crippen molar-refractivity contribution in [2.24, 2.45) is 5.41 Å². The molecule has 1 saturated carbocycles. The van der Waals surface area contributed by atoms with Crippen LogP contribution >= 0.6 is 0 Å². The fourth-order valence-corrected chi connectivity index (χ4v) is 2.45. The fourth-order valence-electron chi connectivity index (χ4n) is 2.45. The standard InChI is InChI=1S/C14H29NO/c1-5-16-12-14(9-7-6-8-10-14)11-15-13(2,3)4/h15H,5-12H2,1-4H3. The third kappa shape index (κ3) is 4.84. The molecule has 1 aliphatic rings. The molecule has 1 aliphatic carbocycles. The number of hydrogen-bond acceptors (Lipinski definition) is 2. The molecule has 16 heavy (non-hydrogen) atoms. The predicted molar refractivity (Wildman–Crippen MR) is 69.8 cm³/mol. The Hall–Kier alpha value is -0.0800. The van der Waals surface area contributed by atoms with E-state index in [-0.39, 0.29) is 5.54 Å². The second kappa shape index (κ2) is 6.02. The second-order valence-electron chi connectivity index (χ2n) is 6.30. The highest BCUT2D eigenvalue weighted by Crippen LogP contribution is 2.36. The van der Waals surface area contributed by atoms with Crippen LogP contribution in [0.3, 0.4) is 0 Å². The van der Waals surface area contributed by atoms with E-state index < -0.39 is 0 Å². The Morgan fingerprint density at radius 3 is 2.25 bits per heavy atom. The van der Waals surface area contributed by atoms with Crippen LogP contribution in [-0.4, -0.2) is 25.3 Å². The number of ether oxygens (including phenoxy) is 1. The lowest BCUT2D eigenvalue weighted by Gasteiger charge is -2.39. The van der Waals surface area contributed by atoms with Crippen molar-refractivity contribution >= 4 is 0 Å². The lowest BCUT2D eigenvalue weighted by molar-refractivity contribution is 0.0222. The molecule has 96 valence electrons. The van der Waals surface area contributed by atoms with Gasteiger partial charge in [-0.05, 0) is 40.5 Å². The van der Waals surface area contributed by atoms with Gasteiger partial charge in [0.1, 0.15) is 0 Å². The number of rotatable bonds is 5. The van der Waals surface area contributed by atoms with Gasteiger partial charge in [0.05, 0.1) is 6.61 Å². The zero-order valence-electron chi connectivity index (χ0n) is 11.6. The highest BCUT2D eigenvalue weighted by atomic mass is 16.5. The topological polar surface area (TPSA) is 21.3 Å². The van der Waals surface area contributed by atoms with Crippen LogP contribution in [-0.2, 0) is 4.74 Å². The summed E-state index contributed by atoms with van der Waals surface area (Å²) in [7, 11) is 0. The Morgan fingerprint density at radius 2 is 1.75 bits per heavy atom. The second-order valence-corrected chi connectivity index (χ2v) is 6.30. The summed E-state index contributed by atoms with van der Waals surface area (Å²) in [5, 5.41) is 3.66. The average Bonchev–Trinajstić information content (AvgIpc) is 2.24. The van der Waals surface area contributed by atoms with Gasteiger partial charge in [0.25, 0.3) is 0 Å². The van der Waals surface area contributed by atoms with Crippen LogP contribution < -0.4 is 5.32 Å². The fraction of sp³-hybridized carbons (Fsp3) is 1.00. The monoisotopic (exact) mass is 227 g/mol. The predicted octanol–water partition coefficient (Wildman–Crippen LogP) is 3.36. The van der Waals surface area contributed by atoms with Crippen LogP contribution in [0, 0.1) is 5.41 Å². The molecule has 0 aromatic rings. The normalized spacial score (nSPS) is 21.0. The van der Waals surface area contributed by atoms with Crippen molar-refractivity contribution in [1.29, 1.82) is 0 Å². The molecule has 0 aromatic carbocycles. The highest BCUT2D eigenvalue weighted by Gasteiger charge is 2.33. The maximum Gasteiger partial charge on any atom is 0.0534 e. The number of nitrogens with one attached hydrogen (secondary N) is 1. The first-order valence-electron chi connectivity index (χ1n) is 6.80. The van der Waals surface area contributed by atoms with Gasteiger partial charge in [-0.2, -0.15) is 0 Å². The minimum absolute atomic E-state index is 0.219. The number of hydrogen-bond donors (Lipinski definition) is 1. The average molecular weight is 227 g/mol. The summed E-state index contributed by atoms with van der Waals surface area (Å²) in [6.07, 6.45) is 6.81. The summed E-state index contributed by atoms with van der Waals surface area (Å²) in [6, 6.07) is 0. The van der Waals surface area contributed by atoms with Crippen LogP contribution in [0.2, 0.25) is 0 Å². The molecule has 0 saturated heterocycles. The lowest BCUT2D eigenvalue weighted by atomic mass is 9.74. The van der Waals surface area contributed by atoms with Crippen LogP contribution in [0.15, 0.2) is 0 Å². The minimum Gasteiger partial charge on any atom is -0.381 e. The molecular weight excluding hydrogens is 198 g/mol. The quantitative estimate of drug-likeness (QED) is 0.777. The molecule has 0 unspecified atom stereocenters. The van der Waals surface area contributed by atoms with E-state index in [0.29, 0.717) is 5.41 Å². The maximum absolute atomic E-state index is 5.70. The van der Waals surface area contributed by atoms with Gasteiger partial charge in [0, 0.05) is 24.1 Å². The molecule has 0 aromatic heterocycles.